The molecular weight excluding hydrogens is 328 g/mol. The number of aromatic nitrogens is 1. The Morgan fingerprint density at radius 2 is 2.04 bits per heavy atom. The minimum Gasteiger partial charge on any atom is -0.340 e. The van der Waals surface area contributed by atoms with Gasteiger partial charge in [-0.15, -0.1) is 12.4 Å². The Morgan fingerprint density at radius 3 is 2.71 bits per heavy atom. The number of likely N-dealkylation sites (N-methyl/N-ethyl adjacent to an activating group) is 1. The molecule has 6 nitrogen and oxygen atoms in total. The highest BCUT2D eigenvalue weighted by Gasteiger charge is 2.38. The average Bonchev–Trinajstić information content (AvgIpc) is 3.26. The van der Waals surface area contributed by atoms with Gasteiger partial charge in [-0.05, 0) is 49.9 Å². The molecule has 2 amide bonds. The Hall–Kier alpha value is -1.66. The molecule has 1 N–H and O–H groups in total. The number of halogens is 1. The molecule has 0 radical (unpaired) electrons. The summed E-state index contributed by atoms with van der Waals surface area (Å²) in [5.74, 6) is 0.126. The molecule has 7 heteroatoms. The smallest absolute Gasteiger partial charge is 0.245 e. The first-order valence-corrected chi connectivity index (χ1v) is 8.34. The van der Waals surface area contributed by atoms with E-state index >= 15 is 0 Å². The highest BCUT2D eigenvalue weighted by atomic mass is 35.5. The molecule has 2 aliphatic rings. The summed E-state index contributed by atoms with van der Waals surface area (Å²) in [6, 6.07) is 3.40. The molecule has 0 saturated carbocycles. The number of carbonyl (C=O) groups excluding carboxylic acids is 2. The van der Waals surface area contributed by atoms with E-state index in [0.717, 1.165) is 37.8 Å². The Kier molecular flexibility index (Phi) is 6.57. The minimum atomic E-state index is -0.309. The summed E-state index contributed by atoms with van der Waals surface area (Å²) in [4.78, 5) is 32.9. The molecule has 0 spiro atoms. The fourth-order valence-electron chi connectivity index (χ4n) is 3.48. The van der Waals surface area contributed by atoms with E-state index in [0.29, 0.717) is 13.1 Å². The van der Waals surface area contributed by atoms with Gasteiger partial charge in [0.15, 0.2) is 0 Å². The van der Waals surface area contributed by atoms with Crippen molar-refractivity contribution in [1.29, 1.82) is 0 Å². The SMILES string of the molecule is CN(Cc1ccncc1)C(=O)[C@@H]1CCCN1C(=O)[C@@H]1CCCN1.Cl. The fraction of sp³-hybridized carbons (Fsp3) is 0.588. The van der Waals surface area contributed by atoms with Crippen LogP contribution in [0, 0.1) is 0 Å². The summed E-state index contributed by atoms with van der Waals surface area (Å²) in [5.41, 5.74) is 1.05. The van der Waals surface area contributed by atoms with Crippen LogP contribution in [-0.4, -0.2) is 58.8 Å². The van der Waals surface area contributed by atoms with Gasteiger partial charge >= 0.3 is 0 Å². The van der Waals surface area contributed by atoms with Crippen LogP contribution in [0.3, 0.4) is 0 Å². The lowest BCUT2D eigenvalue weighted by atomic mass is 10.1. The largest absolute Gasteiger partial charge is 0.340 e. The van der Waals surface area contributed by atoms with Gasteiger partial charge < -0.3 is 15.1 Å². The summed E-state index contributed by atoms with van der Waals surface area (Å²) >= 11 is 0. The van der Waals surface area contributed by atoms with E-state index in [2.05, 4.69) is 10.3 Å². The molecule has 2 saturated heterocycles. The Morgan fingerprint density at radius 1 is 1.29 bits per heavy atom. The van der Waals surface area contributed by atoms with Gasteiger partial charge in [-0.3, -0.25) is 14.6 Å². The molecule has 132 valence electrons. The number of nitrogens with zero attached hydrogens (tertiary/aromatic N) is 3. The number of amides is 2. The summed E-state index contributed by atoms with van der Waals surface area (Å²) in [6.07, 6.45) is 7.03. The van der Waals surface area contributed by atoms with E-state index < -0.39 is 0 Å². The van der Waals surface area contributed by atoms with Gasteiger partial charge in [0.1, 0.15) is 6.04 Å². The van der Waals surface area contributed by atoms with Gasteiger partial charge in [0.2, 0.25) is 11.8 Å². The molecule has 2 atom stereocenters. The van der Waals surface area contributed by atoms with Crippen LogP contribution < -0.4 is 5.32 Å². The third-order valence-corrected chi connectivity index (χ3v) is 4.72. The fourth-order valence-corrected chi connectivity index (χ4v) is 3.48. The lowest BCUT2D eigenvalue weighted by Gasteiger charge is -2.29. The number of hydrogen-bond acceptors (Lipinski definition) is 4. The number of rotatable bonds is 4. The van der Waals surface area contributed by atoms with Crippen molar-refractivity contribution in [3.05, 3.63) is 30.1 Å². The molecule has 3 heterocycles. The molecule has 0 bridgehead atoms. The molecular formula is C17H25ClN4O2. The van der Waals surface area contributed by atoms with E-state index in [4.69, 9.17) is 0 Å². The van der Waals surface area contributed by atoms with Crippen molar-refractivity contribution in [1.82, 2.24) is 20.1 Å². The molecule has 0 aromatic carbocycles. The summed E-state index contributed by atoms with van der Waals surface area (Å²) in [5, 5.41) is 3.24. The van der Waals surface area contributed by atoms with Gasteiger partial charge in [-0.2, -0.15) is 0 Å². The zero-order valence-corrected chi connectivity index (χ0v) is 14.8. The number of nitrogens with one attached hydrogen (secondary N) is 1. The first-order chi connectivity index (χ1) is 11.2. The first kappa shape index (κ1) is 18.7. The molecule has 3 rings (SSSR count). The lowest BCUT2D eigenvalue weighted by molar-refractivity contribution is -0.144. The van der Waals surface area contributed by atoms with E-state index in [1.165, 1.54) is 0 Å². The Labute approximate surface area is 149 Å². The van der Waals surface area contributed by atoms with Crippen LogP contribution >= 0.6 is 12.4 Å². The minimum absolute atomic E-state index is 0. The van der Waals surface area contributed by atoms with Crippen LogP contribution in [0.5, 0.6) is 0 Å². The third kappa shape index (κ3) is 4.05. The molecule has 0 aliphatic carbocycles. The molecule has 0 unspecified atom stereocenters. The van der Waals surface area contributed by atoms with Crippen LogP contribution in [0.1, 0.15) is 31.2 Å². The molecule has 24 heavy (non-hydrogen) atoms. The first-order valence-electron chi connectivity index (χ1n) is 8.34. The maximum absolute atomic E-state index is 12.8. The number of hydrogen-bond donors (Lipinski definition) is 1. The van der Waals surface area contributed by atoms with Crippen molar-refractivity contribution < 1.29 is 9.59 Å². The Bertz CT molecular complexity index is 563. The summed E-state index contributed by atoms with van der Waals surface area (Å²) < 4.78 is 0. The van der Waals surface area contributed by atoms with Gasteiger partial charge in [-0.1, -0.05) is 0 Å². The van der Waals surface area contributed by atoms with E-state index in [1.54, 1.807) is 29.2 Å². The molecule has 2 aliphatic heterocycles. The second-order valence-electron chi connectivity index (χ2n) is 6.39. The summed E-state index contributed by atoms with van der Waals surface area (Å²) in [7, 11) is 1.80. The van der Waals surface area contributed by atoms with Crippen molar-refractivity contribution in [3.63, 3.8) is 0 Å². The number of likely N-dealkylation sites (tertiary alicyclic amines) is 1. The average molecular weight is 353 g/mol. The highest BCUT2D eigenvalue weighted by Crippen LogP contribution is 2.22. The van der Waals surface area contributed by atoms with Gasteiger partial charge in [0.25, 0.3) is 0 Å². The van der Waals surface area contributed by atoms with E-state index in [9.17, 15) is 9.59 Å². The van der Waals surface area contributed by atoms with Crippen molar-refractivity contribution >= 4 is 24.2 Å². The molecule has 1 aromatic rings. The second kappa shape index (κ2) is 8.44. The van der Waals surface area contributed by atoms with E-state index in [-0.39, 0.29) is 36.3 Å². The second-order valence-corrected chi connectivity index (χ2v) is 6.39. The van der Waals surface area contributed by atoms with Crippen LogP contribution in [0.25, 0.3) is 0 Å². The molecule has 2 fully saturated rings. The predicted octanol–water partition coefficient (Wildman–Crippen LogP) is 1.20. The lowest BCUT2D eigenvalue weighted by Crippen LogP contribution is -2.51. The van der Waals surface area contributed by atoms with Crippen LogP contribution in [0.4, 0.5) is 0 Å². The van der Waals surface area contributed by atoms with E-state index in [1.807, 2.05) is 12.1 Å². The standard InChI is InChI=1S/C17H24N4O2.ClH/c1-20(12-13-6-9-18-10-7-13)17(23)15-5-3-11-21(15)16(22)14-4-2-8-19-14;/h6-7,9-10,14-15,19H,2-5,8,11-12H2,1H3;1H/t14-,15-;/m0./s1. The number of pyridine rings is 1. The van der Waals surface area contributed by atoms with Crippen LogP contribution in [-0.2, 0) is 16.1 Å². The topological polar surface area (TPSA) is 65.5 Å². The number of carbonyl (C=O) groups is 2. The predicted molar refractivity (Wildman–Crippen MR) is 93.7 cm³/mol. The quantitative estimate of drug-likeness (QED) is 0.884. The van der Waals surface area contributed by atoms with Crippen molar-refractivity contribution in [2.75, 3.05) is 20.1 Å². The normalized spacial score (nSPS) is 23.0. The summed E-state index contributed by atoms with van der Waals surface area (Å²) in [6.45, 7) is 2.13. The monoisotopic (exact) mass is 352 g/mol. The van der Waals surface area contributed by atoms with Gasteiger partial charge in [0.05, 0.1) is 6.04 Å². The maximum Gasteiger partial charge on any atom is 0.245 e. The zero-order chi connectivity index (χ0) is 16.2. The van der Waals surface area contributed by atoms with Gasteiger partial charge in [-0.25, -0.2) is 0 Å². The van der Waals surface area contributed by atoms with Crippen molar-refractivity contribution in [3.8, 4) is 0 Å². The van der Waals surface area contributed by atoms with Crippen LogP contribution in [0.15, 0.2) is 24.5 Å². The third-order valence-electron chi connectivity index (χ3n) is 4.72. The zero-order valence-electron chi connectivity index (χ0n) is 14.0. The van der Waals surface area contributed by atoms with Crippen molar-refractivity contribution in [2.45, 2.75) is 44.3 Å². The van der Waals surface area contributed by atoms with Gasteiger partial charge in [0, 0.05) is 32.5 Å². The Balaban J connectivity index is 0.00000208. The highest BCUT2D eigenvalue weighted by molar-refractivity contribution is 5.90. The molecule has 1 aromatic heterocycles. The van der Waals surface area contributed by atoms with Crippen LogP contribution in [0.2, 0.25) is 0 Å². The van der Waals surface area contributed by atoms with Crippen molar-refractivity contribution in [2.24, 2.45) is 0 Å². The maximum atomic E-state index is 12.8.